The maximum absolute atomic E-state index is 12.5. The fourth-order valence-electron chi connectivity index (χ4n) is 3.21. The minimum absolute atomic E-state index is 0.0964. The van der Waals surface area contributed by atoms with Gasteiger partial charge in [0.1, 0.15) is 11.6 Å². The van der Waals surface area contributed by atoms with E-state index < -0.39 is 0 Å². The van der Waals surface area contributed by atoms with E-state index in [1.807, 2.05) is 38.1 Å². The van der Waals surface area contributed by atoms with Crippen molar-refractivity contribution in [2.45, 2.75) is 53.1 Å². The Morgan fingerprint density at radius 1 is 1.41 bits per heavy atom. The van der Waals surface area contributed by atoms with Gasteiger partial charge in [0, 0.05) is 36.7 Å². The molecule has 0 radical (unpaired) electrons. The van der Waals surface area contributed by atoms with Gasteiger partial charge in [0.15, 0.2) is 0 Å². The molecule has 0 atom stereocenters. The molecule has 1 fully saturated rings. The van der Waals surface area contributed by atoms with Gasteiger partial charge in [0.2, 0.25) is 5.88 Å². The van der Waals surface area contributed by atoms with Crippen molar-refractivity contribution in [1.82, 2.24) is 14.9 Å². The summed E-state index contributed by atoms with van der Waals surface area (Å²) >= 11 is 0. The van der Waals surface area contributed by atoms with Crippen LogP contribution in [0, 0.1) is 31.1 Å². The van der Waals surface area contributed by atoms with Crippen molar-refractivity contribution in [3.63, 3.8) is 0 Å². The molecule has 6 heteroatoms. The Balaban J connectivity index is 1.60. The monoisotopic (exact) mass is 392 g/mol. The summed E-state index contributed by atoms with van der Waals surface area (Å²) in [6.45, 7) is 8.13. The number of hydrogen-bond acceptors (Lipinski definition) is 4. The van der Waals surface area contributed by atoms with Crippen LogP contribution in [0.2, 0.25) is 0 Å². The number of ether oxygens (including phenoxy) is 1. The quantitative estimate of drug-likeness (QED) is 0.518. The van der Waals surface area contributed by atoms with Crippen molar-refractivity contribution in [2.75, 3.05) is 6.61 Å². The fraction of sp³-hybridized carbons (Fsp3) is 0.435. The molecule has 1 N–H and O–H groups in total. The molecule has 2 aromatic heterocycles. The molecule has 6 nitrogen and oxygen atoms in total. The zero-order chi connectivity index (χ0) is 20.8. The van der Waals surface area contributed by atoms with Crippen molar-refractivity contribution in [3.8, 4) is 11.9 Å². The van der Waals surface area contributed by atoms with Gasteiger partial charge in [0.05, 0.1) is 6.61 Å². The maximum atomic E-state index is 12.5. The molecule has 29 heavy (non-hydrogen) atoms. The molecule has 0 saturated heterocycles. The van der Waals surface area contributed by atoms with Gasteiger partial charge in [-0.25, -0.2) is 4.98 Å². The highest BCUT2D eigenvalue weighted by molar-refractivity contribution is 6.01. The number of aromatic nitrogens is 2. The number of nitrogens with zero attached hydrogens (tertiary/aromatic N) is 3. The highest BCUT2D eigenvalue weighted by Crippen LogP contribution is 2.29. The first-order chi connectivity index (χ1) is 14.0. The number of nitrogens with one attached hydrogen (secondary N) is 1. The number of nitriles is 1. The molecule has 1 aliphatic carbocycles. The SMILES string of the molecule is CCCn1c(C)cc(/C=C(\C#N)C(=O)NCc2ccc(OCC3CC3)nc2)c1C. The van der Waals surface area contributed by atoms with Gasteiger partial charge in [-0.2, -0.15) is 5.26 Å². The fourth-order valence-corrected chi connectivity index (χ4v) is 3.21. The van der Waals surface area contributed by atoms with E-state index in [4.69, 9.17) is 4.74 Å². The van der Waals surface area contributed by atoms with Gasteiger partial charge in [-0.3, -0.25) is 4.79 Å². The predicted octanol–water partition coefficient (Wildman–Crippen LogP) is 3.92. The lowest BCUT2D eigenvalue weighted by Crippen LogP contribution is -2.24. The second kappa shape index (κ2) is 9.42. The molecule has 0 aromatic carbocycles. The largest absolute Gasteiger partial charge is 0.477 e. The van der Waals surface area contributed by atoms with Crippen molar-refractivity contribution in [2.24, 2.45) is 5.92 Å². The molecular weight excluding hydrogens is 364 g/mol. The average molecular weight is 393 g/mol. The van der Waals surface area contributed by atoms with Gasteiger partial charge in [-0.1, -0.05) is 13.0 Å². The van der Waals surface area contributed by atoms with Crippen LogP contribution in [0.3, 0.4) is 0 Å². The smallest absolute Gasteiger partial charge is 0.262 e. The molecule has 2 heterocycles. The van der Waals surface area contributed by atoms with E-state index in [0.717, 1.165) is 42.1 Å². The second-order valence-corrected chi connectivity index (χ2v) is 7.59. The zero-order valence-corrected chi connectivity index (χ0v) is 17.4. The summed E-state index contributed by atoms with van der Waals surface area (Å²) in [4.78, 5) is 16.8. The van der Waals surface area contributed by atoms with Crippen LogP contribution in [0.4, 0.5) is 0 Å². The Morgan fingerprint density at radius 3 is 2.83 bits per heavy atom. The third kappa shape index (κ3) is 5.47. The summed E-state index contributed by atoms with van der Waals surface area (Å²) in [5, 5.41) is 12.3. The van der Waals surface area contributed by atoms with Crippen LogP contribution >= 0.6 is 0 Å². The van der Waals surface area contributed by atoms with Gasteiger partial charge in [0.25, 0.3) is 5.91 Å². The van der Waals surface area contributed by atoms with E-state index in [1.54, 1.807) is 12.3 Å². The van der Waals surface area contributed by atoms with E-state index in [0.29, 0.717) is 18.3 Å². The molecule has 0 spiro atoms. The van der Waals surface area contributed by atoms with Crippen LogP contribution in [0.25, 0.3) is 6.08 Å². The molecule has 1 saturated carbocycles. The van der Waals surface area contributed by atoms with Crippen LogP contribution in [-0.2, 0) is 17.9 Å². The first-order valence-electron chi connectivity index (χ1n) is 10.2. The topological polar surface area (TPSA) is 79.9 Å². The lowest BCUT2D eigenvalue weighted by Gasteiger charge is -2.08. The molecule has 1 amide bonds. The minimum atomic E-state index is -0.387. The summed E-state index contributed by atoms with van der Waals surface area (Å²) < 4.78 is 7.83. The number of hydrogen-bond donors (Lipinski definition) is 1. The minimum Gasteiger partial charge on any atom is -0.477 e. The average Bonchev–Trinajstić information content (AvgIpc) is 3.52. The standard InChI is InChI=1S/C23H28N4O2/c1-4-9-27-16(2)10-20(17(27)3)11-21(12-24)23(28)26-14-19-7-8-22(25-13-19)29-15-18-5-6-18/h7-8,10-11,13,18H,4-6,9,14-15H2,1-3H3,(H,26,28)/b21-11+. The number of carbonyl (C=O) groups excluding carboxylic acids is 1. The third-order valence-corrected chi connectivity index (χ3v) is 5.14. The van der Waals surface area contributed by atoms with Crippen molar-refractivity contribution in [1.29, 1.82) is 5.26 Å². The molecule has 0 bridgehead atoms. The molecule has 152 valence electrons. The van der Waals surface area contributed by atoms with Gasteiger partial charge in [-0.15, -0.1) is 0 Å². The molecular formula is C23H28N4O2. The van der Waals surface area contributed by atoms with Crippen LogP contribution in [0.5, 0.6) is 5.88 Å². The van der Waals surface area contributed by atoms with E-state index in [-0.39, 0.29) is 11.5 Å². The molecule has 2 aromatic rings. The first-order valence-corrected chi connectivity index (χ1v) is 10.2. The number of pyridine rings is 1. The summed E-state index contributed by atoms with van der Waals surface area (Å²) in [7, 11) is 0. The lowest BCUT2D eigenvalue weighted by atomic mass is 10.1. The third-order valence-electron chi connectivity index (χ3n) is 5.14. The Morgan fingerprint density at radius 2 is 2.21 bits per heavy atom. The Labute approximate surface area is 172 Å². The van der Waals surface area contributed by atoms with E-state index in [1.165, 1.54) is 12.8 Å². The Hall–Kier alpha value is -3.07. The van der Waals surface area contributed by atoms with Crippen molar-refractivity contribution in [3.05, 3.63) is 52.5 Å². The van der Waals surface area contributed by atoms with Gasteiger partial charge in [-0.05, 0) is 62.3 Å². The van der Waals surface area contributed by atoms with Crippen molar-refractivity contribution >= 4 is 12.0 Å². The summed E-state index contributed by atoms with van der Waals surface area (Å²) in [6, 6.07) is 7.73. The van der Waals surface area contributed by atoms with Crippen LogP contribution in [0.1, 0.15) is 48.7 Å². The highest BCUT2D eigenvalue weighted by Gasteiger charge is 2.22. The Bertz CT molecular complexity index is 931. The summed E-state index contributed by atoms with van der Waals surface area (Å²) in [5.74, 6) is 0.895. The summed E-state index contributed by atoms with van der Waals surface area (Å²) in [6.07, 6.45) is 6.86. The predicted molar refractivity (Wildman–Crippen MR) is 112 cm³/mol. The maximum Gasteiger partial charge on any atom is 0.262 e. The number of amides is 1. The van der Waals surface area contributed by atoms with Crippen LogP contribution in [0.15, 0.2) is 30.0 Å². The van der Waals surface area contributed by atoms with E-state index in [9.17, 15) is 10.1 Å². The van der Waals surface area contributed by atoms with Gasteiger partial charge >= 0.3 is 0 Å². The lowest BCUT2D eigenvalue weighted by molar-refractivity contribution is -0.117. The first kappa shape index (κ1) is 20.7. The molecule has 0 aliphatic heterocycles. The number of rotatable bonds is 9. The number of aryl methyl sites for hydroxylation is 1. The number of carbonyl (C=O) groups is 1. The molecule has 1 aliphatic rings. The van der Waals surface area contributed by atoms with E-state index >= 15 is 0 Å². The summed E-state index contributed by atoms with van der Waals surface area (Å²) in [5.41, 5.74) is 4.05. The normalized spacial score (nSPS) is 13.8. The second-order valence-electron chi connectivity index (χ2n) is 7.59. The van der Waals surface area contributed by atoms with Crippen LogP contribution in [-0.4, -0.2) is 22.1 Å². The van der Waals surface area contributed by atoms with E-state index in [2.05, 4.69) is 21.8 Å². The van der Waals surface area contributed by atoms with Crippen LogP contribution < -0.4 is 10.1 Å². The zero-order valence-electron chi connectivity index (χ0n) is 17.4. The Kier molecular flexibility index (Phi) is 6.71. The van der Waals surface area contributed by atoms with Crippen molar-refractivity contribution < 1.29 is 9.53 Å². The molecule has 3 rings (SSSR count). The molecule has 0 unspecified atom stereocenters. The van der Waals surface area contributed by atoms with Gasteiger partial charge < -0.3 is 14.6 Å². The highest BCUT2D eigenvalue weighted by atomic mass is 16.5.